The van der Waals surface area contributed by atoms with E-state index in [-0.39, 0.29) is 18.4 Å². The van der Waals surface area contributed by atoms with E-state index in [9.17, 15) is 0 Å². The fourth-order valence-electron chi connectivity index (χ4n) is 2.27. The fourth-order valence-corrected chi connectivity index (χ4v) is 2.77. The second kappa shape index (κ2) is 7.22. The molecule has 1 aromatic carbocycles. The van der Waals surface area contributed by atoms with E-state index < -0.39 is 0 Å². The van der Waals surface area contributed by atoms with Gasteiger partial charge in [0.15, 0.2) is 0 Å². The van der Waals surface area contributed by atoms with Gasteiger partial charge in [0.25, 0.3) is 0 Å². The Bertz CT molecular complexity index is 403. The number of hydrogen-bond donors (Lipinski definition) is 1. The van der Waals surface area contributed by atoms with Gasteiger partial charge < -0.3 is 10.5 Å². The van der Waals surface area contributed by atoms with Crippen LogP contribution in [0.1, 0.15) is 43.4 Å². The molecular weight excluding hydrogens is 269 g/mol. The van der Waals surface area contributed by atoms with Crippen molar-refractivity contribution < 1.29 is 4.74 Å². The highest BCUT2D eigenvalue weighted by Crippen LogP contribution is 2.37. The van der Waals surface area contributed by atoms with E-state index in [1.165, 1.54) is 0 Å². The molecule has 2 N–H and O–H groups in total. The molecule has 0 aliphatic heterocycles. The first-order valence-electron chi connectivity index (χ1n) is 5.99. The van der Waals surface area contributed by atoms with Crippen molar-refractivity contribution in [3.8, 4) is 5.75 Å². The van der Waals surface area contributed by atoms with Gasteiger partial charge in [0.2, 0.25) is 0 Å². The van der Waals surface area contributed by atoms with Crippen molar-refractivity contribution in [3.63, 3.8) is 0 Å². The van der Waals surface area contributed by atoms with Crippen LogP contribution in [0.3, 0.4) is 0 Å². The Morgan fingerprint density at radius 1 is 1.33 bits per heavy atom. The van der Waals surface area contributed by atoms with Gasteiger partial charge in [0, 0.05) is 16.6 Å². The van der Waals surface area contributed by atoms with Crippen LogP contribution in [0.5, 0.6) is 5.75 Å². The van der Waals surface area contributed by atoms with Crippen molar-refractivity contribution in [2.45, 2.75) is 46.1 Å². The van der Waals surface area contributed by atoms with Gasteiger partial charge in [0.1, 0.15) is 5.75 Å². The van der Waals surface area contributed by atoms with Crippen molar-refractivity contribution in [2.24, 2.45) is 5.73 Å². The predicted molar refractivity (Wildman–Crippen MR) is 81.4 cm³/mol. The Balaban J connectivity index is 0.00000289. The van der Waals surface area contributed by atoms with Gasteiger partial charge in [-0.15, -0.1) is 12.4 Å². The number of methoxy groups -OCH3 is 1. The van der Waals surface area contributed by atoms with Crippen molar-refractivity contribution in [2.75, 3.05) is 7.11 Å². The molecule has 1 aromatic rings. The highest BCUT2D eigenvalue weighted by molar-refractivity contribution is 6.31. The SMILES string of the molecule is COc1c(C)cc(Cl)c(C(C)C)c1CC(C)N.Cl. The zero-order valence-electron chi connectivity index (χ0n) is 11.7. The molecular formula is C14H23Cl2NO. The summed E-state index contributed by atoms with van der Waals surface area (Å²) < 4.78 is 5.51. The molecule has 0 spiro atoms. The zero-order chi connectivity index (χ0) is 13.2. The maximum absolute atomic E-state index is 6.35. The number of rotatable bonds is 4. The molecule has 104 valence electrons. The highest BCUT2D eigenvalue weighted by atomic mass is 35.5. The maximum Gasteiger partial charge on any atom is 0.125 e. The molecule has 1 atom stereocenters. The van der Waals surface area contributed by atoms with Crippen LogP contribution in [-0.4, -0.2) is 13.2 Å². The van der Waals surface area contributed by atoms with Gasteiger partial charge in [-0.2, -0.15) is 0 Å². The molecule has 4 heteroatoms. The van der Waals surface area contributed by atoms with Crippen molar-refractivity contribution in [1.29, 1.82) is 0 Å². The second-order valence-corrected chi connectivity index (χ2v) is 5.34. The Hall–Kier alpha value is -0.440. The van der Waals surface area contributed by atoms with Gasteiger partial charge in [-0.3, -0.25) is 0 Å². The molecule has 0 radical (unpaired) electrons. The minimum Gasteiger partial charge on any atom is -0.496 e. The number of hydrogen-bond acceptors (Lipinski definition) is 2. The van der Waals surface area contributed by atoms with Gasteiger partial charge in [-0.05, 0) is 43.4 Å². The summed E-state index contributed by atoms with van der Waals surface area (Å²) in [6.45, 7) is 8.29. The summed E-state index contributed by atoms with van der Waals surface area (Å²) in [4.78, 5) is 0. The minimum atomic E-state index is 0. The monoisotopic (exact) mass is 291 g/mol. The summed E-state index contributed by atoms with van der Waals surface area (Å²) in [6, 6.07) is 2.07. The van der Waals surface area contributed by atoms with Crippen LogP contribution in [0.4, 0.5) is 0 Å². The molecule has 0 saturated carbocycles. The van der Waals surface area contributed by atoms with Gasteiger partial charge >= 0.3 is 0 Å². The van der Waals surface area contributed by atoms with Gasteiger partial charge in [-0.1, -0.05) is 25.4 Å². The molecule has 0 aromatic heterocycles. The summed E-state index contributed by atoms with van der Waals surface area (Å²) in [6.07, 6.45) is 0.790. The van der Waals surface area contributed by atoms with E-state index in [4.69, 9.17) is 22.1 Å². The first kappa shape index (κ1) is 17.6. The third kappa shape index (κ3) is 3.78. The molecule has 0 fully saturated rings. The predicted octanol–water partition coefficient (Wildman–Crippen LogP) is 4.09. The zero-order valence-corrected chi connectivity index (χ0v) is 13.3. The lowest BCUT2D eigenvalue weighted by molar-refractivity contribution is 0.404. The molecule has 1 unspecified atom stereocenters. The molecule has 18 heavy (non-hydrogen) atoms. The van der Waals surface area contributed by atoms with Crippen LogP contribution in [0.2, 0.25) is 5.02 Å². The molecule has 0 aliphatic carbocycles. The average Bonchev–Trinajstić information content (AvgIpc) is 2.15. The lowest BCUT2D eigenvalue weighted by Gasteiger charge is -2.21. The lowest BCUT2D eigenvalue weighted by Crippen LogP contribution is -2.20. The lowest BCUT2D eigenvalue weighted by atomic mass is 9.91. The van der Waals surface area contributed by atoms with E-state index in [1.807, 2.05) is 19.9 Å². The standard InChI is InChI=1S/C14H22ClNO.ClH/c1-8(2)13-11(7-10(4)16)14(17-5)9(3)6-12(13)15;/h6,8,10H,7,16H2,1-5H3;1H. The first-order chi connectivity index (χ1) is 7.88. The van der Waals surface area contributed by atoms with Crippen LogP contribution >= 0.6 is 24.0 Å². The van der Waals surface area contributed by atoms with E-state index in [0.29, 0.717) is 5.92 Å². The molecule has 2 nitrogen and oxygen atoms in total. The average molecular weight is 292 g/mol. The Morgan fingerprint density at radius 2 is 1.89 bits per heavy atom. The second-order valence-electron chi connectivity index (χ2n) is 4.94. The highest BCUT2D eigenvalue weighted by Gasteiger charge is 2.19. The molecule has 0 amide bonds. The van der Waals surface area contributed by atoms with Crippen LogP contribution in [0.25, 0.3) is 0 Å². The van der Waals surface area contributed by atoms with Gasteiger partial charge in [0.05, 0.1) is 7.11 Å². The number of halogens is 2. The third-order valence-corrected chi connectivity index (χ3v) is 3.18. The van der Waals surface area contributed by atoms with Gasteiger partial charge in [-0.25, -0.2) is 0 Å². The molecule has 0 aliphatic rings. The smallest absolute Gasteiger partial charge is 0.125 e. The Labute approximate surface area is 121 Å². The summed E-state index contributed by atoms with van der Waals surface area (Å²) in [7, 11) is 1.70. The summed E-state index contributed by atoms with van der Waals surface area (Å²) in [5, 5.41) is 0.814. The number of ether oxygens (including phenoxy) is 1. The van der Waals surface area contributed by atoms with E-state index in [0.717, 1.165) is 33.9 Å². The normalized spacial score (nSPS) is 12.2. The molecule has 0 heterocycles. The quantitative estimate of drug-likeness (QED) is 0.907. The summed E-state index contributed by atoms with van der Waals surface area (Å²) in [5.74, 6) is 1.29. The topological polar surface area (TPSA) is 35.2 Å². The van der Waals surface area contributed by atoms with Crippen LogP contribution in [0.15, 0.2) is 6.07 Å². The molecule has 0 saturated heterocycles. The minimum absolute atomic E-state index is 0. The molecule has 1 rings (SSSR count). The largest absolute Gasteiger partial charge is 0.496 e. The van der Waals surface area contributed by atoms with Crippen LogP contribution in [-0.2, 0) is 6.42 Å². The van der Waals surface area contributed by atoms with Crippen molar-refractivity contribution in [1.82, 2.24) is 0 Å². The Kier molecular flexibility index (Phi) is 7.05. The maximum atomic E-state index is 6.35. The first-order valence-corrected chi connectivity index (χ1v) is 6.37. The van der Waals surface area contributed by atoms with Crippen LogP contribution in [0, 0.1) is 6.92 Å². The molecule has 0 bridgehead atoms. The third-order valence-electron chi connectivity index (χ3n) is 2.87. The number of aryl methyl sites for hydroxylation is 1. The Morgan fingerprint density at radius 3 is 2.28 bits per heavy atom. The van der Waals surface area contributed by atoms with E-state index in [2.05, 4.69) is 13.8 Å². The van der Waals surface area contributed by atoms with Crippen molar-refractivity contribution in [3.05, 3.63) is 27.8 Å². The summed E-state index contributed by atoms with van der Waals surface area (Å²) >= 11 is 6.35. The van der Waals surface area contributed by atoms with E-state index >= 15 is 0 Å². The van der Waals surface area contributed by atoms with E-state index in [1.54, 1.807) is 7.11 Å². The van der Waals surface area contributed by atoms with Crippen LogP contribution < -0.4 is 10.5 Å². The number of nitrogens with two attached hydrogens (primary N) is 1. The number of benzene rings is 1. The summed E-state index contributed by atoms with van der Waals surface area (Å²) in [5.41, 5.74) is 9.30. The van der Waals surface area contributed by atoms with Crippen molar-refractivity contribution >= 4 is 24.0 Å². The fraction of sp³-hybridized carbons (Fsp3) is 0.571.